The first-order valence-corrected chi connectivity index (χ1v) is 12.2. The molecule has 1 aliphatic rings. The monoisotopic (exact) mass is 503 g/mol. The lowest BCUT2D eigenvalue weighted by Crippen LogP contribution is -2.47. The molecule has 0 spiro atoms. The SMILES string of the molecule is COCCN(CC(=O)N(Cc1cccn1Cc1ccc(Br)cc1)C1CCCCC1)C(C)=O. The van der Waals surface area contributed by atoms with E-state index in [0.29, 0.717) is 19.7 Å². The molecule has 3 rings (SSSR count). The second kappa shape index (κ2) is 12.2. The summed E-state index contributed by atoms with van der Waals surface area (Å²) in [4.78, 5) is 29.1. The van der Waals surface area contributed by atoms with Crippen molar-refractivity contribution >= 4 is 27.7 Å². The van der Waals surface area contributed by atoms with Crippen molar-refractivity contribution in [3.63, 3.8) is 0 Å². The molecule has 32 heavy (non-hydrogen) atoms. The molecule has 1 aliphatic carbocycles. The van der Waals surface area contributed by atoms with E-state index in [1.165, 1.54) is 18.9 Å². The van der Waals surface area contributed by atoms with Gasteiger partial charge in [-0.25, -0.2) is 0 Å². The number of hydrogen-bond acceptors (Lipinski definition) is 3. The first-order chi connectivity index (χ1) is 15.5. The lowest BCUT2D eigenvalue weighted by molar-refractivity contribution is -0.142. The molecule has 1 aromatic heterocycles. The van der Waals surface area contributed by atoms with Gasteiger partial charge in [-0.05, 0) is 42.7 Å². The number of aromatic nitrogens is 1. The standard InChI is InChI=1S/C25H34BrN3O3/c1-20(30)27(15-16-32-2)19-25(31)29(23-7-4-3-5-8-23)18-24-9-6-14-28(24)17-21-10-12-22(26)13-11-21/h6,9-14,23H,3-5,7-8,15-19H2,1-2H3. The van der Waals surface area contributed by atoms with Gasteiger partial charge in [0.15, 0.2) is 0 Å². The second-order valence-electron chi connectivity index (χ2n) is 8.50. The van der Waals surface area contributed by atoms with Crippen LogP contribution in [0.1, 0.15) is 50.3 Å². The van der Waals surface area contributed by atoms with Crippen molar-refractivity contribution < 1.29 is 14.3 Å². The summed E-state index contributed by atoms with van der Waals surface area (Å²) in [6.07, 6.45) is 7.64. The van der Waals surface area contributed by atoms with E-state index in [9.17, 15) is 9.59 Å². The topological polar surface area (TPSA) is 54.8 Å². The highest BCUT2D eigenvalue weighted by Gasteiger charge is 2.28. The third-order valence-electron chi connectivity index (χ3n) is 6.19. The number of methoxy groups -OCH3 is 1. The minimum absolute atomic E-state index is 0.0135. The molecule has 0 radical (unpaired) electrons. The maximum atomic E-state index is 13.4. The number of ether oxygens (including phenoxy) is 1. The van der Waals surface area contributed by atoms with Gasteiger partial charge < -0.3 is 19.1 Å². The number of carbonyl (C=O) groups excluding carboxylic acids is 2. The Balaban J connectivity index is 1.76. The van der Waals surface area contributed by atoms with Crippen LogP contribution in [-0.2, 0) is 27.4 Å². The van der Waals surface area contributed by atoms with Crippen molar-refractivity contribution in [2.75, 3.05) is 26.8 Å². The molecule has 6 nitrogen and oxygen atoms in total. The Kier molecular flexibility index (Phi) is 9.36. The van der Waals surface area contributed by atoms with Crippen LogP contribution in [0, 0.1) is 0 Å². The first kappa shape index (κ1) is 24.5. The van der Waals surface area contributed by atoms with Crippen molar-refractivity contribution in [1.82, 2.24) is 14.4 Å². The Hall–Kier alpha value is -2.12. The van der Waals surface area contributed by atoms with E-state index in [4.69, 9.17) is 4.74 Å². The van der Waals surface area contributed by atoms with Gasteiger partial charge in [-0.15, -0.1) is 0 Å². The number of rotatable bonds is 10. The summed E-state index contributed by atoms with van der Waals surface area (Å²) in [5.74, 6) is -0.0859. The highest BCUT2D eigenvalue weighted by molar-refractivity contribution is 9.10. The lowest BCUT2D eigenvalue weighted by atomic mass is 9.94. The van der Waals surface area contributed by atoms with Crippen LogP contribution in [0.25, 0.3) is 0 Å². The Morgan fingerprint density at radius 1 is 1.12 bits per heavy atom. The maximum Gasteiger partial charge on any atom is 0.242 e. The molecule has 0 N–H and O–H groups in total. The van der Waals surface area contributed by atoms with Crippen LogP contribution in [-0.4, -0.2) is 59.0 Å². The zero-order valence-electron chi connectivity index (χ0n) is 19.1. The van der Waals surface area contributed by atoms with Crippen LogP contribution in [0.15, 0.2) is 47.1 Å². The van der Waals surface area contributed by atoms with Gasteiger partial charge in [0.05, 0.1) is 19.7 Å². The Morgan fingerprint density at radius 2 is 1.84 bits per heavy atom. The molecule has 1 aromatic carbocycles. The predicted molar refractivity (Wildman–Crippen MR) is 129 cm³/mol. The molecule has 7 heteroatoms. The van der Waals surface area contributed by atoms with Gasteiger partial charge in [-0.3, -0.25) is 9.59 Å². The van der Waals surface area contributed by atoms with Crippen molar-refractivity contribution in [1.29, 1.82) is 0 Å². The number of benzene rings is 1. The average Bonchev–Trinajstić information content (AvgIpc) is 3.23. The summed E-state index contributed by atoms with van der Waals surface area (Å²) in [5.41, 5.74) is 2.32. The van der Waals surface area contributed by atoms with Gasteiger partial charge in [0.1, 0.15) is 0 Å². The Labute approximate surface area is 199 Å². The van der Waals surface area contributed by atoms with Gasteiger partial charge in [-0.2, -0.15) is 0 Å². The molecule has 2 aromatic rings. The minimum Gasteiger partial charge on any atom is -0.383 e. The van der Waals surface area contributed by atoms with Crippen LogP contribution in [0.3, 0.4) is 0 Å². The molecule has 1 fully saturated rings. The summed E-state index contributed by atoms with van der Waals surface area (Å²) in [6.45, 7) is 3.78. The van der Waals surface area contributed by atoms with E-state index in [1.54, 1.807) is 12.0 Å². The molecule has 0 bridgehead atoms. The summed E-state index contributed by atoms with van der Waals surface area (Å²) in [6, 6.07) is 12.7. The van der Waals surface area contributed by atoms with E-state index >= 15 is 0 Å². The fourth-order valence-corrected chi connectivity index (χ4v) is 4.59. The van der Waals surface area contributed by atoms with Crippen molar-refractivity contribution in [2.24, 2.45) is 0 Å². The van der Waals surface area contributed by atoms with Crippen molar-refractivity contribution in [3.05, 3.63) is 58.3 Å². The predicted octanol–water partition coefficient (Wildman–Crippen LogP) is 4.46. The third kappa shape index (κ3) is 6.94. The first-order valence-electron chi connectivity index (χ1n) is 11.4. The summed E-state index contributed by atoms with van der Waals surface area (Å²) < 4.78 is 8.39. The molecule has 2 amide bonds. The molecule has 0 saturated heterocycles. The van der Waals surface area contributed by atoms with Gasteiger partial charge >= 0.3 is 0 Å². The number of carbonyl (C=O) groups is 2. The van der Waals surface area contributed by atoms with Gasteiger partial charge in [-0.1, -0.05) is 47.3 Å². The quantitative estimate of drug-likeness (QED) is 0.481. The van der Waals surface area contributed by atoms with Crippen LogP contribution in [0.5, 0.6) is 0 Å². The van der Waals surface area contributed by atoms with E-state index in [0.717, 1.165) is 42.4 Å². The highest BCUT2D eigenvalue weighted by atomic mass is 79.9. The molecule has 0 unspecified atom stereocenters. The third-order valence-corrected chi connectivity index (χ3v) is 6.72. The largest absolute Gasteiger partial charge is 0.383 e. The fraction of sp³-hybridized carbons (Fsp3) is 0.520. The molecular formula is C25H34BrN3O3. The van der Waals surface area contributed by atoms with Gasteiger partial charge in [0.2, 0.25) is 11.8 Å². The summed E-state index contributed by atoms with van der Waals surface area (Å²) in [5, 5.41) is 0. The van der Waals surface area contributed by atoms with Crippen LogP contribution in [0.2, 0.25) is 0 Å². The maximum absolute atomic E-state index is 13.4. The smallest absolute Gasteiger partial charge is 0.242 e. The molecular weight excluding hydrogens is 470 g/mol. The molecule has 0 aliphatic heterocycles. The number of nitrogens with zero attached hydrogens (tertiary/aromatic N) is 3. The molecule has 0 atom stereocenters. The van der Waals surface area contributed by atoms with Crippen molar-refractivity contribution in [3.8, 4) is 0 Å². The van der Waals surface area contributed by atoms with Crippen LogP contribution < -0.4 is 0 Å². The molecule has 1 heterocycles. The van der Waals surface area contributed by atoms with Crippen LogP contribution >= 0.6 is 15.9 Å². The number of hydrogen-bond donors (Lipinski definition) is 0. The normalized spacial score (nSPS) is 14.3. The zero-order valence-corrected chi connectivity index (χ0v) is 20.7. The zero-order chi connectivity index (χ0) is 22.9. The average molecular weight is 504 g/mol. The highest BCUT2D eigenvalue weighted by Crippen LogP contribution is 2.25. The Morgan fingerprint density at radius 3 is 2.50 bits per heavy atom. The van der Waals surface area contributed by atoms with E-state index in [1.807, 2.05) is 23.1 Å². The lowest BCUT2D eigenvalue weighted by Gasteiger charge is -2.36. The van der Waals surface area contributed by atoms with Gasteiger partial charge in [0, 0.05) is 49.5 Å². The summed E-state index contributed by atoms with van der Waals surface area (Å²) >= 11 is 3.49. The Bertz CT molecular complexity index is 875. The van der Waals surface area contributed by atoms with E-state index in [-0.39, 0.29) is 24.4 Å². The van der Waals surface area contributed by atoms with Crippen LogP contribution in [0.4, 0.5) is 0 Å². The molecule has 1 saturated carbocycles. The van der Waals surface area contributed by atoms with Gasteiger partial charge in [0.25, 0.3) is 0 Å². The van der Waals surface area contributed by atoms with E-state index < -0.39 is 0 Å². The minimum atomic E-state index is -0.0994. The fourth-order valence-electron chi connectivity index (χ4n) is 4.33. The summed E-state index contributed by atoms with van der Waals surface area (Å²) in [7, 11) is 1.61. The molecule has 174 valence electrons. The number of halogens is 1. The van der Waals surface area contributed by atoms with E-state index in [2.05, 4.69) is 44.9 Å². The number of amides is 2. The van der Waals surface area contributed by atoms with Crippen molar-refractivity contribution in [2.45, 2.75) is 58.2 Å². The second-order valence-corrected chi connectivity index (χ2v) is 9.42.